The largest absolute Gasteiger partial charge is 0.377 e. The molecule has 0 saturated carbocycles. The highest BCUT2D eigenvalue weighted by Gasteiger charge is 2.13. The summed E-state index contributed by atoms with van der Waals surface area (Å²) >= 11 is 3.27. The van der Waals surface area contributed by atoms with E-state index >= 15 is 0 Å². The van der Waals surface area contributed by atoms with Crippen molar-refractivity contribution in [2.24, 2.45) is 5.92 Å². The molecule has 0 bridgehead atoms. The van der Waals surface area contributed by atoms with Crippen LogP contribution in [0.15, 0.2) is 22.7 Å². The highest BCUT2D eigenvalue weighted by Crippen LogP contribution is 2.16. The Hall–Kier alpha value is -0.450. The van der Waals surface area contributed by atoms with Crippen molar-refractivity contribution in [1.82, 2.24) is 5.32 Å². The lowest BCUT2D eigenvalue weighted by atomic mass is 10.1. The summed E-state index contributed by atoms with van der Waals surface area (Å²) in [5, 5.41) is 3.33. The third kappa shape index (κ3) is 4.37. The number of rotatable bonds is 5. The van der Waals surface area contributed by atoms with E-state index < -0.39 is 0 Å². The summed E-state index contributed by atoms with van der Waals surface area (Å²) in [5.41, 5.74) is 0.876. The van der Waals surface area contributed by atoms with Gasteiger partial charge >= 0.3 is 0 Å². The summed E-state index contributed by atoms with van der Waals surface area (Å²) < 4.78 is 19.4. The molecule has 1 N–H and O–H groups in total. The van der Waals surface area contributed by atoms with Crippen molar-refractivity contribution in [2.45, 2.75) is 19.4 Å². The van der Waals surface area contributed by atoms with E-state index in [9.17, 15) is 4.39 Å². The van der Waals surface area contributed by atoms with E-state index in [-0.39, 0.29) is 5.82 Å². The van der Waals surface area contributed by atoms with Crippen LogP contribution < -0.4 is 5.32 Å². The standard InChI is InChI=1S/C13H17BrFNO/c14-12-5-11(6-13(15)7-12)9-17-4-2-10-1-3-16-8-10/h5-7,10,16H,1-4,8-9H2. The Labute approximate surface area is 110 Å². The number of ether oxygens (including phenoxy) is 1. The molecule has 2 nitrogen and oxygen atoms in total. The van der Waals surface area contributed by atoms with Gasteiger partial charge in [-0.3, -0.25) is 0 Å². The molecular formula is C13H17BrFNO. The van der Waals surface area contributed by atoms with Crippen LogP contribution in [0.4, 0.5) is 4.39 Å². The quantitative estimate of drug-likeness (QED) is 0.844. The van der Waals surface area contributed by atoms with Gasteiger partial charge in [0.15, 0.2) is 0 Å². The first-order valence-corrected chi connectivity index (χ1v) is 6.77. The lowest BCUT2D eigenvalue weighted by Crippen LogP contribution is -2.10. The molecule has 1 aromatic rings. The first-order chi connectivity index (χ1) is 8.24. The van der Waals surface area contributed by atoms with Gasteiger partial charge in [0.1, 0.15) is 5.82 Å². The first kappa shape index (κ1) is 13.0. The second-order valence-corrected chi connectivity index (χ2v) is 5.39. The molecule has 1 fully saturated rings. The van der Waals surface area contributed by atoms with Crippen LogP contribution in [0, 0.1) is 11.7 Å². The lowest BCUT2D eigenvalue weighted by molar-refractivity contribution is 0.109. The molecule has 0 spiro atoms. The summed E-state index contributed by atoms with van der Waals surface area (Å²) in [7, 11) is 0. The SMILES string of the molecule is Fc1cc(Br)cc(COCCC2CCNC2)c1. The molecule has 0 amide bonds. The van der Waals surface area contributed by atoms with Gasteiger partial charge in [-0.15, -0.1) is 0 Å². The summed E-state index contributed by atoms with van der Waals surface area (Å²) in [6, 6.07) is 4.86. The van der Waals surface area contributed by atoms with Crippen LogP contribution in [0.2, 0.25) is 0 Å². The maximum atomic E-state index is 13.1. The molecular weight excluding hydrogens is 285 g/mol. The third-order valence-electron chi connectivity index (χ3n) is 3.02. The summed E-state index contributed by atoms with van der Waals surface area (Å²) in [6.45, 7) is 3.47. The summed E-state index contributed by atoms with van der Waals surface area (Å²) in [6.07, 6.45) is 2.33. The van der Waals surface area contributed by atoms with Crippen molar-refractivity contribution in [3.05, 3.63) is 34.1 Å². The molecule has 1 aromatic carbocycles. The Bertz CT molecular complexity index is 346. The molecule has 2 rings (SSSR count). The zero-order valence-electron chi connectivity index (χ0n) is 9.72. The molecule has 17 heavy (non-hydrogen) atoms. The van der Waals surface area contributed by atoms with Gasteiger partial charge in [-0.05, 0) is 55.6 Å². The van der Waals surface area contributed by atoms with Crippen LogP contribution in [0.25, 0.3) is 0 Å². The van der Waals surface area contributed by atoms with Crippen LogP contribution in [0.1, 0.15) is 18.4 Å². The Morgan fingerprint density at radius 2 is 2.29 bits per heavy atom. The molecule has 4 heteroatoms. The van der Waals surface area contributed by atoms with Gasteiger partial charge in [0.05, 0.1) is 6.61 Å². The molecule has 1 aliphatic rings. The summed E-state index contributed by atoms with van der Waals surface area (Å²) in [4.78, 5) is 0. The molecule has 0 aromatic heterocycles. The van der Waals surface area contributed by atoms with Crippen molar-refractivity contribution in [1.29, 1.82) is 0 Å². The summed E-state index contributed by atoms with van der Waals surface area (Å²) in [5.74, 6) is 0.521. The molecule has 0 radical (unpaired) electrons. The monoisotopic (exact) mass is 301 g/mol. The van der Waals surface area contributed by atoms with Gasteiger partial charge < -0.3 is 10.1 Å². The smallest absolute Gasteiger partial charge is 0.124 e. The predicted octanol–water partition coefficient (Wildman–Crippen LogP) is 3.10. The van der Waals surface area contributed by atoms with E-state index in [1.807, 2.05) is 6.07 Å². The van der Waals surface area contributed by atoms with Crippen LogP contribution >= 0.6 is 15.9 Å². The van der Waals surface area contributed by atoms with Gasteiger partial charge in [0.2, 0.25) is 0 Å². The van der Waals surface area contributed by atoms with Crippen molar-refractivity contribution in [3.8, 4) is 0 Å². The topological polar surface area (TPSA) is 21.3 Å². The number of nitrogens with one attached hydrogen (secondary N) is 1. The fourth-order valence-electron chi connectivity index (χ4n) is 2.10. The minimum Gasteiger partial charge on any atom is -0.377 e. The molecule has 1 unspecified atom stereocenters. The van der Waals surface area contributed by atoms with Crippen LogP contribution in [0.5, 0.6) is 0 Å². The molecule has 1 atom stereocenters. The number of hydrogen-bond acceptors (Lipinski definition) is 2. The van der Waals surface area contributed by atoms with Crippen molar-refractivity contribution >= 4 is 15.9 Å². The van der Waals surface area contributed by atoms with Gasteiger partial charge in [-0.1, -0.05) is 15.9 Å². The molecule has 1 heterocycles. The van der Waals surface area contributed by atoms with E-state index in [1.54, 1.807) is 0 Å². The van der Waals surface area contributed by atoms with Crippen LogP contribution in [-0.4, -0.2) is 19.7 Å². The zero-order valence-corrected chi connectivity index (χ0v) is 11.3. The molecule has 0 aliphatic carbocycles. The van der Waals surface area contributed by atoms with E-state index in [4.69, 9.17) is 4.74 Å². The highest BCUT2D eigenvalue weighted by molar-refractivity contribution is 9.10. The third-order valence-corrected chi connectivity index (χ3v) is 3.48. The Morgan fingerprint density at radius 1 is 1.41 bits per heavy atom. The van der Waals surface area contributed by atoms with Gasteiger partial charge in [0.25, 0.3) is 0 Å². The normalized spacial score (nSPS) is 19.8. The zero-order chi connectivity index (χ0) is 12.1. The maximum absolute atomic E-state index is 13.1. The lowest BCUT2D eigenvalue weighted by Gasteiger charge is -2.09. The van der Waals surface area contributed by atoms with Crippen molar-refractivity contribution in [3.63, 3.8) is 0 Å². The second kappa shape index (κ2) is 6.47. The van der Waals surface area contributed by atoms with Crippen molar-refractivity contribution in [2.75, 3.05) is 19.7 Å². The molecule has 1 aliphatic heterocycles. The minimum absolute atomic E-state index is 0.224. The van der Waals surface area contributed by atoms with E-state index in [2.05, 4.69) is 21.2 Å². The number of halogens is 2. The van der Waals surface area contributed by atoms with Crippen LogP contribution in [-0.2, 0) is 11.3 Å². The average molecular weight is 302 g/mol. The van der Waals surface area contributed by atoms with E-state index in [0.29, 0.717) is 6.61 Å². The first-order valence-electron chi connectivity index (χ1n) is 5.97. The van der Waals surface area contributed by atoms with Crippen molar-refractivity contribution < 1.29 is 9.13 Å². The molecule has 94 valence electrons. The Balaban J connectivity index is 1.70. The highest BCUT2D eigenvalue weighted by atomic mass is 79.9. The van der Waals surface area contributed by atoms with E-state index in [0.717, 1.165) is 42.1 Å². The number of benzene rings is 1. The van der Waals surface area contributed by atoms with Crippen LogP contribution in [0.3, 0.4) is 0 Å². The van der Waals surface area contributed by atoms with Gasteiger partial charge in [-0.2, -0.15) is 0 Å². The van der Waals surface area contributed by atoms with Gasteiger partial charge in [0, 0.05) is 11.1 Å². The molecule has 1 saturated heterocycles. The Morgan fingerprint density at radius 3 is 3.00 bits per heavy atom. The number of hydrogen-bond donors (Lipinski definition) is 1. The fraction of sp³-hybridized carbons (Fsp3) is 0.538. The van der Waals surface area contributed by atoms with E-state index in [1.165, 1.54) is 18.6 Å². The van der Waals surface area contributed by atoms with Gasteiger partial charge in [-0.25, -0.2) is 4.39 Å². The Kier molecular flexibility index (Phi) is 4.95. The second-order valence-electron chi connectivity index (χ2n) is 4.48. The predicted molar refractivity (Wildman–Crippen MR) is 69.3 cm³/mol. The fourth-order valence-corrected chi connectivity index (χ4v) is 2.61. The maximum Gasteiger partial charge on any atom is 0.124 e. The minimum atomic E-state index is -0.224. The average Bonchev–Trinajstić information content (AvgIpc) is 2.76.